The van der Waals surface area contributed by atoms with Crippen LogP contribution in [0, 0.1) is 13.8 Å². The summed E-state index contributed by atoms with van der Waals surface area (Å²) in [4.78, 5) is 7.57. The fourth-order valence-electron chi connectivity index (χ4n) is 2.34. The fraction of sp³-hybridized carbons (Fsp3) is 0.462. The largest absolute Gasteiger partial charge is 0.342 e. The topological polar surface area (TPSA) is 28.7 Å². The molecule has 1 aromatic heterocycles. The maximum absolute atomic E-state index is 12.8. The number of halogens is 2. The standard InChI is InChI=1S/C13H14F2N2/c1-7-3-10-11(4-8(7)2)17-12(16-10)9-5-13(14,15)6-9/h3-4,9H,5-6H2,1-2H3,(H,16,17). The third-order valence-corrected chi connectivity index (χ3v) is 3.59. The van der Waals surface area contributed by atoms with Crippen LogP contribution in [0.1, 0.15) is 35.7 Å². The average molecular weight is 236 g/mol. The minimum Gasteiger partial charge on any atom is -0.342 e. The van der Waals surface area contributed by atoms with E-state index in [4.69, 9.17) is 0 Å². The van der Waals surface area contributed by atoms with Gasteiger partial charge in [0.1, 0.15) is 5.82 Å². The van der Waals surface area contributed by atoms with Gasteiger partial charge >= 0.3 is 0 Å². The van der Waals surface area contributed by atoms with Gasteiger partial charge in [-0.05, 0) is 37.1 Å². The summed E-state index contributed by atoms with van der Waals surface area (Å²) in [5.74, 6) is -1.90. The maximum atomic E-state index is 12.8. The van der Waals surface area contributed by atoms with E-state index in [1.165, 1.54) is 11.1 Å². The molecule has 1 aliphatic carbocycles. The number of nitrogens with one attached hydrogen (secondary N) is 1. The van der Waals surface area contributed by atoms with Crippen LogP contribution in [0.3, 0.4) is 0 Å². The van der Waals surface area contributed by atoms with Crippen molar-refractivity contribution in [3.05, 3.63) is 29.1 Å². The van der Waals surface area contributed by atoms with E-state index in [0.29, 0.717) is 5.82 Å². The molecule has 0 bridgehead atoms. The number of aryl methyl sites for hydroxylation is 2. The van der Waals surface area contributed by atoms with Crippen molar-refractivity contribution in [2.75, 3.05) is 0 Å². The van der Waals surface area contributed by atoms with Crippen LogP contribution in [0.15, 0.2) is 12.1 Å². The van der Waals surface area contributed by atoms with Crippen molar-refractivity contribution in [1.82, 2.24) is 9.97 Å². The van der Waals surface area contributed by atoms with Crippen LogP contribution in [0.5, 0.6) is 0 Å². The van der Waals surface area contributed by atoms with E-state index in [0.717, 1.165) is 11.0 Å². The first-order valence-electron chi connectivity index (χ1n) is 5.79. The summed E-state index contributed by atoms with van der Waals surface area (Å²) in [7, 11) is 0. The second kappa shape index (κ2) is 3.28. The van der Waals surface area contributed by atoms with Crippen LogP contribution in [0.25, 0.3) is 11.0 Å². The van der Waals surface area contributed by atoms with E-state index < -0.39 is 5.92 Å². The van der Waals surface area contributed by atoms with Gasteiger partial charge in [-0.3, -0.25) is 0 Å². The predicted molar refractivity (Wildman–Crippen MR) is 62.5 cm³/mol. The van der Waals surface area contributed by atoms with E-state index in [1.54, 1.807) is 0 Å². The van der Waals surface area contributed by atoms with E-state index in [1.807, 2.05) is 26.0 Å². The van der Waals surface area contributed by atoms with Gasteiger partial charge in [-0.25, -0.2) is 13.8 Å². The number of nitrogens with zero attached hydrogens (tertiary/aromatic N) is 1. The van der Waals surface area contributed by atoms with Gasteiger partial charge in [0.2, 0.25) is 5.92 Å². The van der Waals surface area contributed by atoms with Crippen molar-refractivity contribution in [1.29, 1.82) is 0 Å². The van der Waals surface area contributed by atoms with Gasteiger partial charge in [0.25, 0.3) is 0 Å². The smallest absolute Gasteiger partial charge is 0.249 e. The highest BCUT2D eigenvalue weighted by Gasteiger charge is 2.47. The Kier molecular flexibility index (Phi) is 2.06. The molecule has 0 spiro atoms. The van der Waals surface area contributed by atoms with Gasteiger partial charge in [0.05, 0.1) is 11.0 Å². The van der Waals surface area contributed by atoms with Crippen LogP contribution >= 0.6 is 0 Å². The second-order valence-electron chi connectivity index (χ2n) is 5.04. The number of benzene rings is 1. The van der Waals surface area contributed by atoms with Crippen LogP contribution in [-0.4, -0.2) is 15.9 Å². The van der Waals surface area contributed by atoms with Gasteiger partial charge < -0.3 is 4.98 Å². The van der Waals surface area contributed by atoms with Crippen molar-refractivity contribution in [2.24, 2.45) is 0 Å². The lowest BCUT2D eigenvalue weighted by Gasteiger charge is -2.33. The van der Waals surface area contributed by atoms with Crippen molar-refractivity contribution in [3.8, 4) is 0 Å². The molecule has 4 heteroatoms. The van der Waals surface area contributed by atoms with Crippen molar-refractivity contribution in [2.45, 2.75) is 38.5 Å². The number of fused-ring (bicyclic) bond motifs is 1. The van der Waals surface area contributed by atoms with Crippen molar-refractivity contribution >= 4 is 11.0 Å². The zero-order valence-electron chi connectivity index (χ0n) is 9.85. The molecular formula is C13H14F2N2. The van der Waals surface area contributed by atoms with Crippen LogP contribution in [0.4, 0.5) is 8.78 Å². The Morgan fingerprint density at radius 3 is 2.53 bits per heavy atom. The first kappa shape index (κ1) is 10.7. The predicted octanol–water partition coefficient (Wildman–Crippen LogP) is 3.69. The van der Waals surface area contributed by atoms with E-state index >= 15 is 0 Å². The third kappa shape index (κ3) is 1.72. The molecule has 1 saturated carbocycles. The summed E-state index contributed by atoms with van der Waals surface area (Å²) in [6.07, 6.45) is -0.157. The molecule has 3 rings (SSSR count). The fourth-order valence-corrected chi connectivity index (χ4v) is 2.34. The molecule has 1 N–H and O–H groups in total. The molecule has 1 fully saturated rings. The molecule has 1 aromatic carbocycles. The molecule has 90 valence electrons. The maximum Gasteiger partial charge on any atom is 0.249 e. The lowest BCUT2D eigenvalue weighted by molar-refractivity contribution is -0.0883. The molecule has 1 heterocycles. The summed E-state index contributed by atoms with van der Waals surface area (Å²) < 4.78 is 25.6. The highest BCUT2D eigenvalue weighted by molar-refractivity contribution is 5.77. The number of aromatic amines is 1. The number of hydrogen-bond acceptors (Lipinski definition) is 1. The zero-order chi connectivity index (χ0) is 12.2. The Morgan fingerprint density at radius 1 is 1.24 bits per heavy atom. The van der Waals surface area contributed by atoms with Crippen LogP contribution in [0.2, 0.25) is 0 Å². The van der Waals surface area contributed by atoms with Gasteiger partial charge in [0, 0.05) is 18.8 Å². The Hall–Kier alpha value is -1.45. The Labute approximate surface area is 98.1 Å². The lowest BCUT2D eigenvalue weighted by Crippen LogP contribution is -2.34. The lowest BCUT2D eigenvalue weighted by atomic mass is 9.81. The molecule has 2 nitrogen and oxygen atoms in total. The van der Waals surface area contributed by atoms with Gasteiger partial charge in [0.15, 0.2) is 0 Å². The van der Waals surface area contributed by atoms with Gasteiger partial charge in [-0.15, -0.1) is 0 Å². The number of imidazole rings is 1. The summed E-state index contributed by atoms with van der Waals surface area (Å²) >= 11 is 0. The minimum absolute atomic E-state index is 0.0786. The van der Waals surface area contributed by atoms with E-state index in [9.17, 15) is 8.78 Å². The first-order chi connectivity index (χ1) is 7.94. The number of H-pyrrole nitrogens is 1. The third-order valence-electron chi connectivity index (χ3n) is 3.59. The molecule has 0 saturated heterocycles. The number of alkyl halides is 2. The summed E-state index contributed by atoms with van der Waals surface area (Å²) in [5, 5.41) is 0. The van der Waals surface area contributed by atoms with Crippen molar-refractivity contribution < 1.29 is 8.78 Å². The Bertz CT molecular complexity index is 539. The minimum atomic E-state index is -2.49. The molecule has 0 radical (unpaired) electrons. The Balaban J connectivity index is 1.98. The number of rotatable bonds is 1. The number of hydrogen-bond donors (Lipinski definition) is 1. The molecule has 0 aliphatic heterocycles. The SMILES string of the molecule is Cc1cc2nc(C3CC(F)(F)C3)[nH]c2cc1C. The normalized spacial score (nSPS) is 19.5. The average Bonchev–Trinajstić information content (AvgIpc) is 2.57. The molecule has 2 aromatic rings. The Morgan fingerprint density at radius 2 is 1.88 bits per heavy atom. The molecule has 17 heavy (non-hydrogen) atoms. The summed E-state index contributed by atoms with van der Waals surface area (Å²) in [5.41, 5.74) is 4.18. The molecular weight excluding hydrogens is 222 g/mol. The molecule has 0 atom stereocenters. The zero-order valence-corrected chi connectivity index (χ0v) is 9.85. The summed E-state index contributed by atoms with van der Waals surface area (Å²) in [6, 6.07) is 4.03. The first-order valence-corrected chi connectivity index (χ1v) is 5.79. The molecule has 1 aliphatic rings. The van der Waals surface area contributed by atoms with Crippen LogP contribution in [-0.2, 0) is 0 Å². The van der Waals surface area contributed by atoms with E-state index in [2.05, 4.69) is 9.97 Å². The van der Waals surface area contributed by atoms with Gasteiger partial charge in [-0.2, -0.15) is 0 Å². The summed E-state index contributed by atoms with van der Waals surface area (Å²) in [6.45, 7) is 4.06. The highest BCUT2D eigenvalue weighted by Crippen LogP contribution is 2.47. The molecule has 0 unspecified atom stereocenters. The second-order valence-corrected chi connectivity index (χ2v) is 5.04. The highest BCUT2D eigenvalue weighted by atomic mass is 19.3. The monoisotopic (exact) mass is 236 g/mol. The van der Waals surface area contributed by atoms with E-state index in [-0.39, 0.29) is 18.8 Å². The molecule has 0 amide bonds. The number of aromatic nitrogens is 2. The van der Waals surface area contributed by atoms with Crippen LogP contribution < -0.4 is 0 Å². The quantitative estimate of drug-likeness (QED) is 0.803. The van der Waals surface area contributed by atoms with Crippen molar-refractivity contribution in [3.63, 3.8) is 0 Å². The van der Waals surface area contributed by atoms with Gasteiger partial charge in [-0.1, -0.05) is 0 Å².